The quantitative estimate of drug-likeness (QED) is 0.892. The van der Waals surface area contributed by atoms with E-state index in [1.807, 2.05) is 54.6 Å². The van der Waals surface area contributed by atoms with Gasteiger partial charge in [0.15, 0.2) is 0 Å². The number of rotatable bonds is 6. The van der Waals surface area contributed by atoms with Gasteiger partial charge in [0.25, 0.3) is 0 Å². The molecule has 0 atom stereocenters. The Labute approximate surface area is 136 Å². The van der Waals surface area contributed by atoms with Crippen LogP contribution in [0.1, 0.15) is 11.1 Å². The monoisotopic (exact) mass is 308 g/mol. The fraction of sp³-hybridized carbons (Fsp3) is 0.211. The maximum absolute atomic E-state index is 5.85. The van der Waals surface area contributed by atoms with E-state index in [0.29, 0.717) is 19.7 Å². The molecule has 1 heterocycles. The predicted octanol–water partition coefficient (Wildman–Crippen LogP) is 3.07. The highest BCUT2D eigenvalue weighted by Crippen LogP contribution is 2.32. The van der Waals surface area contributed by atoms with Gasteiger partial charge in [0.05, 0.1) is 13.7 Å². The number of hydrogen-bond acceptors (Lipinski definition) is 4. The molecule has 0 bridgehead atoms. The second-order valence-electron chi connectivity index (χ2n) is 5.32. The topological polar surface area (TPSA) is 56.8 Å². The minimum absolute atomic E-state index is 0.462. The lowest BCUT2D eigenvalue weighted by Gasteiger charge is -2.12. The van der Waals surface area contributed by atoms with E-state index in [2.05, 4.69) is 4.99 Å². The Morgan fingerprint density at radius 3 is 2.65 bits per heavy atom. The zero-order valence-corrected chi connectivity index (χ0v) is 13.2. The Balaban J connectivity index is 1.75. The van der Waals surface area contributed by atoms with Crippen molar-refractivity contribution in [2.75, 3.05) is 20.2 Å². The highest BCUT2D eigenvalue weighted by Gasteiger charge is 2.14. The van der Waals surface area contributed by atoms with E-state index in [0.717, 1.165) is 33.9 Å². The molecule has 2 aromatic carbocycles. The van der Waals surface area contributed by atoms with Crippen molar-refractivity contribution < 1.29 is 9.47 Å². The fourth-order valence-electron chi connectivity index (χ4n) is 2.53. The fourth-order valence-corrected chi connectivity index (χ4v) is 2.53. The van der Waals surface area contributed by atoms with Gasteiger partial charge in [-0.1, -0.05) is 30.3 Å². The summed E-state index contributed by atoms with van der Waals surface area (Å²) in [6.07, 6.45) is 2.03. The van der Waals surface area contributed by atoms with Crippen LogP contribution in [0.15, 0.2) is 59.6 Å². The van der Waals surface area contributed by atoms with Gasteiger partial charge in [0, 0.05) is 23.9 Å². The van der Waals surface area contributed by atoms with Gasteiger partial charge >= 0.3 is 0 Å². The molecule has 0 unspecified atom stereocenters. The molecule has 4 nitrogen and oxygen atoms in total. The van der Waals surface area contributed by atoms with Gasteiger partial charge in [-0.2, -0.15) is 0 Å². The molecular formula is C19H20N2O2. The van der Waals surface area contributed by atoms with Gasteiger partial charge in [-0.25, -0.2) is 0 Å². The summed E-state index contributed by atoms with van der Waals surface area (Å²) in [5.74, 6) is 1.57. The molecule has 0 fully saturated rings. The largest absolute Gasteiger partial charge is 0.496 e. The van der Waals surface area contributed by atoms with Crippen LogP contribution in [0.4, 0.5) is 0 Å². The summed E-state index contributed by atoms with van der Waals surface area (Å²) in [7, 11) is 1.67. The summed E-state index contributed by atoms with van der Waals surface area (Å²) in [4.78, 5) is 4.40. The molecule has 2 N–H and O–H groups in total. The lowest BCUT2D eigenvalue weighted by Crippen LogP contribution is -2.08. The molecular weight excluding hydrogens is 288 g/mol. The Bertz CT molecular complexity index is 736. The molecule has 0 aliphatic carbocycles. The average molecular weight is 308 g/mol. The standard InChI is InChI=1S/C19H20N2O2/c1-22-19-10-17(23-13-14-5-3-2-4-6-14)7-8-18(19)15-9-16(11-20)21-12-15/h2-10H,11-13,20H2,1H3. The van der Waals surface area contributed by atoms with Crippen LogP contribution in [0, 0.1) is 0 Å². The van der Waals surface area contributed by atoms with Crippen molar-refractivity contribution in [3.05, 3.63) is 65.7 Å². The zero-order chi connectivity index (χ0) is 16.1. The second kappa shape index (κ2) is 7.11. The number of hydrogen-bond donors (Lipinski definition) is 1. The third-order valence-corrected chi connectivity index (χ3v) is 3.77. The second-order valence-corrected chi connectivity index (χ2v) is 5.32. The van der Waals surface area contributed by atoms with Gasteiger partial charge in [0.2, 0.25) is 0 Å². The third kappa shape index (κ3) is 3.60. The lowest BCUT2D eigenvalue weighted by molar-refractivity contribution is 0.303. The molecule has 0 saturated carbocycles. The van der Waals surface area contributed by atoms with Crippen LogP contribution >= 0.6 is 0 Å². The summed E-state index contributed by atoms with van der Waals surface area (Å²) < 4.78 is 11.4. The highest BCUT2D eigenvalue weighted by atomic mass is 16.5. The predicted molar refractivity (Wildman–Crippen MR) is 93.1 cm³/mol. The maximum atomic E-state index is 5.85. The van der Waals surface area contributed by atoms with Gasteiger partial charge in [-0.3, -0.25) is 4.99 Å². The average Bonchev–Trinajstić information content (AvgIpc) is 3.09. The normalized spacial score (nSPS) is 13.5. The van der Waals surface area contributed by atoms with Crippen molar-refractivity contribution in [2.45, 2.75) is 6.61 Å². The number of nitrogens with zero attached hydrogens (tertiary/aromatic N) is 1. The molecule has 0 amide bonds. The number of benzene rings is 2. The van der Waals surface area contributed by atoms with Crippen molar-refractivity contribution in [2.24, 2.45) is 10.7 Å². The Hall–Kier alpha value is -2.59. The van der Waals surface area contributed by atoms with Gasteiger partial charge in [0.1, 0.15) is 18.1 Å². The van der Waals surface area contributed by atoms with Crippen molar-refractivity contribution in [1.82, 2.24) is 0 Å². The first-order valence-corrected chi connectivity index (χ1v) is 7.59. The van der Waals surface area contributed by atoms with Crippen LogP contribution in [-0.2, 0) is 6.61 Å². The van der Waals surface area contributed by atoms with E-state index in [4.69, 9.17) is 15.2 Å². The molecule has 4 heteroatoms. The van der Waals surface area contributed by atoms with Crippen molar-refractivity contribution >= 4 is 11.3 Å². The molecule has 1 aliphatic rings. The van der Waals surface area contributed by atoms with E-state index in [9.17, 15) is 0 Å². The lowest BCUT2D eigenvalue weighted by atomic mass is 10.0. The molecule has 0 spiro atoms. The molecule has 2 aromatic rings. The van der Waals surface area contributed by atoms with E-state index >= 15 is 0 Å². The first-order valence-electron chi connectivity index (χ1n) is 7.59. The Morgan fingerprint density at radius 2 is 1.96 bits per heavy atom. The minimum atomic E-state index is 0.462. The highest BCUT2D eigenvalue weighted by molar-refractivity contribution is 6.06. The van der Waals surface area contributed by atoms with E-state index in [-0.39, 0.29) is 0 Å². The first kappa shape index (κ1) is 15.3. The first-order chi connectivity index (χ1) is 11.3. The Morgan fingerprint density at radius 1 is 1.13 bits per heavy atom. The van der Waals surface area contributed by atoms with E-state index in [1.54, 1.807) is 7.11 Å². The van der Waals surface area contributed by atoms with Crippen LogP contribution in [0.5, 0.6) is 11.5 Å². The van der Waals surface area contributed by atoms with Crippen molar-refractivity contribution in [3.8, 4) is 11.5 Å². The van der Waals surface area contributed by atoms with Gasteiger partial charge in [-0.05, 0) is 29.3 Å². The molecule has 118 valence electrons. The van der Waals surface area contributed by atoms with Crippen molar-refractivity contribution in [1.29, 1.82) is 0 Å². The zero-order valence-electron chi connectivity index (χ0n) is 13.2. The SMILES string of the molecule is COc1cc(OCc2ccccc2)ccc1C1=CC(CN)=NC1. The number of nitrogens with two attached hydrogens (primary N) is 1. The smallest absolute Gasteiger partial charge is 0.130 e. The maximum Gasteiger partial charge on any atom is 0.130 e. The molecule has 0 aromatic heterocycles. The van der Waals surface area contributed by atoms with E-state index < -0.39 is 0 Å². The summed E-state index contributed by atoms with van der Waals surface area (Å²) >= 11 is 0. The molecule has 1 aliphatic heterocycles. The molecule has 0 radical (unpaired) electrons. The van der Waals surface area contributed by atoms with Gasteiger partial charge in [-0.15, -0.1) is 0 Å². The van der Waals surface area contributed by atoms with Crippen LogP contribution in [0.25, 0.3) is 5.57 Å². The Kier molecular flexibility index (Phi) is 4.74. The van der Waals surface area contributed by atoms with Crippen LogP contribution in [-0.4, -0.2) is 25.9 Å². The van der Waals surface area contributed by atoms with Crippen LogP contribution in [0.3, 0.4) is 0 Å². The molecule has 3 rings (SSSR count). The minimum Gasteiger partial charge on any atom is -0.496 e. The third-order valence-electron chi connectivity index (χ3n) is 3.77. The summed E-state index contributed by atoms with van der Waals surface area (Å²) in [5, 5.41) is 0. The summed E-state index contributed by atoms with van der Waals surface area (Å²) in [5.41, 5.74) is 9.85. The summed E-state index contributed by atoms with van der Waals surface area (Å²) in [6.45, 7) is 1.64. The number of aliphatic imine (C=N–C) groups is 1. The summed E-state index contributed by atoms with van der Waals surface area (Å²) in [6, 6.07) is 16.0. The van der Waals surface area contributed by atoms with Crippen LogP contribution < -0.4 is 15.2 Å². The van der Waals surface area contributed by atoms with Gasteiger partial charge < -0.3 is 15.2 Å². The molecule has 0 saturated heterocycles. The van der Waals surface area contributed by atoms with E-state index in [1.165, 1.54) is 0 Å². The number of ether oxygens (including phenoxy) is 2. The van der Waals surface area contributed by atoms with Crippen LogP contribution in [0.2, 0.25) is 0 Å². The number of methoxy groups -OCH3 is 1. The van der Waals surface area contributed by atoms with Crippen molar-refractivity contribution in [3.63, 3.8) is 0 Å². The molecule has 23 heavy (non-hydrogen) atoms.